The lowest BCUT2D eigenvalue weighted by Gasteiger charge is -2.34. The largest absolute Gasteiger partial charge is 0.365 e. The molecule has 1 amide bonds. The molecule has 5 rings (SSSR count). The van der Waals surface area contributed by atoms with Crippen LogP contribution in [-0.2, 0) is 17.9 Å². The predicted molar refractivity (Wildman–Crippen MR) is 104 cm³/mol. The Balaban J connectivity index is 1.26. The smallest absolute Gasteiger partial charge is 0.276 e. The molecule has 0 bridgehead atoms. The molecule has 2 aliphatic rings. The molecule has 29 heavy (non-hydrogen) atoms. The molecule has 0 radical (unpaired) electrons. The zero-order chi connectivity index (χ0) is 19.6. The summed E-state index contributed by atoms with van der Waals surface area (Å²) in [5.74, 6) is 0.600. The first-order valence-corrected chi connectivity index (χ1v) is 9.70. The molecule has 3 aromatic rings. The van der Waals surface area contributed by atoms with Crippen LogP contribution >= 0.6 is 0 Å². The molecule has 1 saturated heterocycles. The van der Waals surface area contributed by atoms with Gasteiger partial charge in [0.15, 0.2) is 5.69 Å². The first kappa shape index (κ1) is 17.7. The second kappa shape index (κ2) is 7.59. The highest BCUT2D eigenvalue weighted by molar-refractivity contribution is 5.93. The molecule has 1 aromatic carbocycles. The van der Waals surface area contributed by atoms with Crippen molar-refractivity contribution in [1.82, 2.24) is 29.9 Å². The van der Waals surface area contributed by atoms with E-state index < -0.39 is 0 Å². The third-order valence-corrected chi connectivity index (χ3v) is 5.37. The van der Waals surface area contributed by atoms with Gasteiger partial charge in [-0.05, 0) is 11.6 Å². The van der Waals surface area contributed by atoms with Crippen molar-refractivity contribution in [3.63, 3.8) is 0 Å². The van der Waals surface area contributed by atoms with E-state index in [0.29, 0.717) is 51.0 Å². The fourth-order valence-electron chi connectivity index (χ4n) is 3.76. The molecule has 9 nitrogen and oxygen atoms in total. The van der Waals surface area contributed by atoms with Gasteiger partial charge < -0.3 is 14.5 Å². The monoisotopic (exact) mass is 391 g/mol. The molecule has 0 spiro atoms. The number of hydrogen-bond acceptors (Lipinski definition) is 7. The van der Waals surface area contributed by atoms with Crippen molar-refractivity contribution >= 4 is 11.9 Å². The Morgan fingerprint density at radius 2 is 1.76 bits per heavy atom. The molecule has 9 heteroatoms. The molecule has 0 saturated carbocycles. The van der Waals surface area contributed by atoms with Crippen molar-refractivity contribution in [3.8, 4) is 0 Å². The number of hydrogen-bond donors (Lipinski definition) is 0. The number of benzene rings is 1. The first-order valence-electron chi connectivity index (χ1n) is 9.70. The van der Waals surface area contributed by atoms with E-state index in [4.69, 9.17) is 4.74 Å². The van der Waals surface area contributed by atoms with Crippen molar-refractivity contribution in [2.75, 3.05) is 31.1 Å². The molecule has 2 aromatic heterocycles. The number of nitrogens with zero attached hydrogens (tertiary/aromatic N) is 7. The van der Waals surface area contributed by atoms with Crippen molar-refractivity contribution in [1.29, 1.82) is 0 Å². The van der Waals surface area contributed by atoms with Crippen molar-refractivity contribution in [3.05, 3.63) is 65.7 Å². The lowest BCUT2D eigenvalue weighted by atomic mass is 10.1. The standard InChI is InChI=1S/C20H21N7O2/c28-19(25-9-11-26(12-10-25)20-21-7-4-8-22-20)18-16-14-29-17(13-27(16)24-23-18)15-5-2-1-3-6-15/h1-8,17H,9-14H2/t17-/m1/s1. The number of aromatic nitrogens is 5. The Bertz CT molecular complexity index is 985. The van der Waals surface area contributed by atoms with Crippen LogP contribution in [0.2, 0.25) is 0 Å². The van der Waals surface area contributed by atoms with Gasteiger partial charge in [-0.2, -0.15) is 0 Å². The van der Waals surface area contributed by atoms with E-state index in [9.17, 15) is 4.79 Å². The Hall–Kier alpha value is -3.33. The minimum atomic E-state index is -0.0957. The SMILES string of the molecule is O=C(c1nnn2c1CO[C@@H](c1ccccc1)C2)N1CCN(c2ncccn2)CC1. The van der Waals surface area contributed by atoms with Crippen LogP contribution in [0.3, 0.4) is 0 Å². The fraction of sp³-hybridized carbons (Fsp3) is 0.350. The number of rotatable bonds is 3. The molecule has 0 aliphatic carbocycles. The zero-order valence-electron chi connectivity index (χ0n) is 15.9. The molecular weight excluding hydrogens is 370 g/mol. The van der Waals surface area contributed by atoms with Gasteiger partial charge in [0.05, 0.1) is 18.8 Å². The number of fused-ring (bicyclic) bond motifs is 1. The van der Waals surface area contributed by atoms with Crippen molar-refractivity contribution in [2.45, 2.75) is 19.3 Å². The molecule has 1 atom stereocenters. The van der Waals surface area contributed by atoms with E-state index >= 15 is 0 Å². The Morgan fingerprint density at radius 1 is 1.00 bits per heavy atom. The van der Waals surface area contributed by atoms with E-state index in [0.717, 1.165) is 11.3 Å². The number of anilines is 1. The zero-order valence-corrected chi connectivity index (χ0v) is 15.9. The third kappa shape index (κ3) is 3.44. The molecule has 4 heterocycles. The number of carbonyl (C=O) groups is 1. The Morgan fingerprint density at radius 3 is 2.52 bits per heavy atom. The van der Waals surface area contributed by atoms with Crippen LogP contribution in [-0.4, -0.2) is 61.9 Å². The highest BCUT2D eigenvalue weighted by Gasteiger charge is 2.31. The number of amides is 1. The van der Waals surface area contributed by atoms with Crippen LogP contribution in [0, 0.1) is 0 Å². The van der Waals surface area contributed by atoms with E-state index in [-0.39, 0.29) is 12.0 Å². The first-order chi connectivity index (χ1) is 14.3. The normalized spacial score (nSPS) is 19.1. The van der Waals surface area contributed by atoms with Crippen LogP contribution in [0.1, 0.15) is 27.8 Å². The highest BCUT2D eigenvalue weighted by Crippen LogP contribution is 2.27. The second-order valence-electron chi connectivity index (χ2n) is 7.11. The minimum absolute atomic E-state index is 0.0808. The third-order valence-electron chi connectivity index (χ3n) is 5.37. The number of ether oxygens (including phenoxy) is 1. The molecule has 1 fully saturated rings. The summed E-state index contributed by atoms with van der Waals surface area (Å²) in [5.41, 5.74) is 2.23. The topological polar surface area (TPSA) is 89.3 Å². The number of piperazine rings is 1. The summed E-state index contributed by atoms with van der Waals surface area (Å²) < 4.78 is 7.80. The van der Waals surface area contributed by atoms with Gasteiger partial charge in [-0.3, -0.25) is 4.79 Å². The van der Waals surface area contributed by atoms with Gasteiger partial charge in [0.1, 0.15) is 6.10 Å². The van der Waals surface area contributed by atoms with Crippen LogP contribution < -0.4 is 4.90 Å². The molecule has 0 N–H and O–H groups in total. The summed E-state index contributed by atoms with van der Waals surface area (Å²) in [6, 6.07) is 11.8. The summed E-state index contributed by atoms with van der Waals surface area (Å²) in [6.07, 6.45) is 3.37. The van der Waals surface area contributed by atoms with E-state index in [1.165, 1.54) is 0 Å². The second-order valence-corrected chi connectivity index (χ2v) is 7.11. The van der Waals surface area contributed by atoms with Crippen molar-refractivity contribution in [2.24, 2.45) is 0 Å². The van der Waals surface area contributed by atoms with Gasteiger partial charge in [-0.15, -0.1) is 5.10 Å². The van der Waals surface area contributed by atoms with Crippen molar-refractivity contribution < 1.29 is 9.53 Å². The number of carbonyl (C=O) groups excluding carboxylic acids is 1. The summed E-state index contributed by atoms with van der Waals surface area (Å²) in [5, 5.41) is 8.40. The van der Waals surface area contributed by atoms with Crippen LogP contribution in [0.5, 0.6) is 0 Å². The maximum atomic E-state index is 13.0. The van der Waals surface area contributed by atoms with Crippen LogP contribution in [0.25, 0.3) is 0 Å². The van der Waals surface area contributed by atoms with E-state index in [1.807, 2.05) is 35.2 Å². The minimum Gasteiger partial charge on any atom is -0.365 e. The molecular formula is C20H21N7O2. The van der Waals surface area contributed by atoms with Gasteiger partial charge in [-0.25, -0.2) is 14.6 Å². The van der Waals surface area contributed by atoms with Crippen LogP contribution in [0.15, 0.2) is 48.8 Å². The lowest BCUT2D eigenvalue weighted by Crippen LogP contribution is -2.49. The van der Waals surface area contributed by atoms with Gasteiger partial charge >= 0.3 is 0 Å². The molecule has 0 unspecified atom stereocenters. The van der Waals surface area contributed by atoms with Crippen LogP contribution in [0.4, 0.5) is 5.95 Å². The molecule has 148 valence electrons. The summed E-state index contributed by atoms with van der Waals surface area (Å²) in [4.78, 5) is 25.5. The lowest BCUT2D eigenvalue weighted by molar-refractivity contribution is -0.00196. The maximum Gasteiger partial charge on any atom is 0.276 e. The van der Waals surface area contributed by atoms with Gasteiger partial charge in [0.2, 0.25) is 5.95 Å². The predicted octanol–water partition coefficient (Wildman–Crippen LogP) is 1.30. The summed E-state index contributed by atoms with van der Waals surface area (Å²) in [6.45, 7) is 3.44. The summed E-state index contributed by atoms with van der Waals surface area (Å²) >= 11 is 0. The van der Waals surface area contributed by atoms with Gasteiger partial charge in [0, 0.05) is 38.6 Å². The average molecular weight is 391 g/mol. The average Bonchev–Trinajstić information content (AvgIpc) is 3.23. The Kier molecular flexibility index (Phi) is 4.65. The quantitative estimate of drug-likeness (QED) is 0.665. The summed E-state index contributed by atoms with van der Waals surface area (Å²) in [7, 11) is 0. The van der Waals surface area contributed by atoms with Gasteiger partial charge in [0.25, 0.3) is 5.91 Å². The molecule has 2 aliphatic heterocycles. The van der Waals surface area contributed by atoms with E-state index in [2.05, 4.69) is 25.2 Å². The highest BCUT2D eigenvalue weighted by atomic mass is 16.5. The fourth-order valence-corrected chi connectivity index (χ4v) is 3.76. The van der Waals surface area contributed by atoms with E-state index in [1.54, 1.807) is 23.1 Å². The van der Waals surface area contributed by atoms with Gasteiger partial charge in [-0.1, -0.05) is 35.5 Å². The maximum absolute atomic E-state index is 13.0. The Labute approximate surface area is 167 Å².